The van der Waals surface area contributed by atoms with Crippen molar-refractivity contribution in [3.63, 3.8) is 0 Å². The van der Waals surface area contributed by atoms with Crippen molar-refractivity contribution in [1.29, 1.82) is 0 Å². The fourth-order valence-electron chi connectivity index (χ4n) is 2.60. The molecule has 5 nitrogen and oxygen atoms in total. The van der Waals surface area contributed by atoms with Crippen LogP contribution in [0, 0.1) is 5.92 Å². The summed E-state index contributed by atoms with van der Waals surface area (Å²) in [6.07, 6.45) is 0.699. The van der Waals surface area contributed by atoms with Gasteiger partial charge in [-0.1, -0.05) is 43.3 Å². The molecule has 0 aromatic heterocycles. The van der Waals surface area contributed by atoms with Gasteiger partial charge in [-0.05, 0) is 29.7 Å². The van der Waals surface area contributed by atoms with E-state index in [2.05, 4.69) is 0 Å². The Bertz CT molecular complexity index is 723. The molecule has 138 valence electrons. The Morgan fingerprint density at radius 1 is 0.962 bits per heavy atom. The Labute approximate surface area is 154 Å². The van der Waals surface area contributed by atoms with Gasteiger partial charge in [0.15, 0.2) is 5.78 Å². The summed E-state index contributed by atoms with van der Waals surface area (Å²) in [5.41, 5.74) is 9.04. The van der Waals surface area contributed by atoms with E-state index >= 15 is 0 Å². The average molecular weight is 355 g/mol. The second-order valence-electron chi connectivity index (χ2n) is 6.09. The standard InChI is InChI=1S/C21H25NO4/c1-3-15(21(24)26-13-12-25-2)14-20(23)18-6-4-16(5-7-18)17-8-10-19(22)11-9-17/h4-11,15H,3,12-14,22H2,1-2H3. The quantitative estimate of drug-likeness (QED) is 0.321. The van der Waals surface area contributed by atoms with Gasteiger partial charge in [-0.25, -0.2) is 0 Å². The van der Waals surface area contributed by atoms with E-state index in [0.29, 0.717) is 24.3 Å². The lowest BCUT2D eigenvalue weighted by atomic mass is 9.95. The molecular weight excluding hydrogens is 330 g/mol. The van der Waals surface area contributed by atoms with E-state index in [9.17, 15) is 9.59 Å². The molecule has 2 N–H and O–H groups in total. The molecule has 0 bridgehead atoms. The predicted molar refractivity (Wildman–Crippen MR) is 102 cm³/mol. The van der Waals surface area contributed by atoms with Crippen molar-refractivity contribution in [3.8, 4) is 11.1 Å². The Morgan fingerprint density at radius 2 is 1.54 bits per heavy atom. The number of nitrogens with two attached hydrogens (primary N) is 1. The predicted octanol–water partition coefficient (Wildman–Crippen LogP) is 3.72. The molecule has 0 aliphatic heterocycles. The van der Waals surface area contributed by atoms with Crippen LogP contribution in [0.15, 0.2) is 48.5 Å². The molecule has 0 heterocycles. The first-order valence-electron chi connectivity index (χ1n) is 8.70. The number of carbonyl (C=O) groups is 2. The SMILES string of the molecule is CCC(CC(=O)c1ccc(-c2ccc(N)cc2)cc1)C(=O)OCCOC. The molecule has 2 aromatic carbocycles. The van der Waals surface area contributed by atoms with Crippen LogP contribution in [-0.4, -0.2) is 32.1 Å². The fourth-order valence-corrected chi connectivity index (χ4v) is 2.60. The highest BCUT2D eigenvalue weighted by atomic mass is 16.6. The largest absolute Gasteiger partial charge is 0.463 e. The van der Waals surface area contributed by atoms with Crippen molar-refractivity contribution in [1.82, 2.24) is 0 Å². The molecule has 1 unspecified atom stereocenters. The third-order valence-electron chi connectivity index (χ3n) is 4.24. The minimum Gasteiger partial charge on any atom is -0.463 e. The van der Waals surface area contributed by atoms with E-state index in [1.165, 1.54) is 0 Å². The number of anilines is 1. The van der Waals surface area contributed by atoms with E-state index < -0.39 is 5.92 Å². The maximum absolute atomic E-state index is 12.5. The van der Waals surface area contributed by atoms with Crippen LogP contribution in [0.4, 0.5) is 5.69 Å². The number of rotatable bonds is 9. The maximum atomic E-state index is 12.5. The number of hydrogen-bond acceptors (Lipinski definition) is 5. The van der Waals surface area contributed by atoms with Gasteiger partial charge in [-0.15, -0.1) is 0 Å². The van der Waals surface area contributed by atoms with Crippen molar-refractivity contribution in [3.05, 3.63) is 54.1 Å². The summed E-state index contributed by atoms with van der Waals surface area (Å²) in [7, 11) is 1.54. The van der Waals surface area contributed by atoms with E-state index in [4.69, 9.17) is 15.2 Å². The van der Waals surface area contributed by atoms with Crippen molar-refractivity contribution in [2.45, 2.75) is 19.8 Å². The molecule has 0 fully saturated rings. The Morgan fingerprint density at radius 3 is 2.08 bits per heavy atom. The molecule has 0 spiro atoms. The molecule has 0 aliphatic carbocycles. The zero-order chi connectivity index (χ0) is 18.9. The number of esters is 1. The molecule has 0 amide bonds. The topological polar surface area (TPSA) is 78.6 Å². The number of ketones is 1. The summed E-state index contributed by atoms with van der Waals surface area (Å²) in [4.78, 5) is 24.5. The van der Waals surface area contributed by atoms with Crippen molar-refractivity contribution in [2.24, 2.45) is 5.92 Å². The van der Waals surface area contributed by atoms with Gasteiger partial charge in [-0.2, -0.15) is 0 Å². The first kappa shape index (κ1) is 19.7. The summed E-state index contributed by atoms with van der Waals surface area (Å²) in [6, 6.07) is 14.9. The van der Waals surface area contributed by atoms with Crippen LogP contribution in [0.3, 0.4) is 0 Å². The van der Waals surface area contributed by atoms with E-state index in [1.54, 1.807) is 19.2 Å². The molecule has 0 aliphatic rings. The lowest BCUT2D eigenvalue weighted by Crippen LogP contribution is -2.22. The lowest BCUT2D eigenvalue weighted by molar-refractivity contribution is -0.149. The van der Waals surface area contributed by atoms with Crippen molar-refractivity contribution in [2.75, 3.05) is 26.1 Å². The third-order valence-corrected chi connectivity index (χ3v) is 4.24. The van der Waals surface area contributed by atoms with Gasteiger partial charge in [0.1, 0.15) is 6.61 Å². The minimum absolute atomic E-state index is 0.0654. The summed E-state index contributed by atoms with van der Waals surface area (Å²) < 4.78 is 9.99. The molecule has 0 radical (unpaired) electrons. The van der Waals surface area contributed by atoms with Crippen molar-refractivity contribution < 1.29 is 19.1 Å². The first-order chi connectivity index (χ1) is 12.5. The average Bonchev–Trinajstić information content (AvgIpc) is 2.66. The number of hydrogen-bond donors (Lipinski definition) is 1. The van der Waals surface area contributed by atoms with Gasteiger partial charge < -0.3 is 15.2 Å². The normalized spacial score (nSPS) is 11.8. The van der Waals surface area contributed by atoms with E-state index in [-0.39, 0.29) is 24.8 Å². The molecular formula is C21H25NO4. The van der Waals surface area contributed by atoms with Crippen LogP contribution < -0.4 is 5.73 Å². The Kier molecular flexibility index (Phi) is 7.36. The van der Waals surface area contributed by atoms with Crippen LogP contribution in [0.5, 0.6) is 0 Å². The molecule has 2 rings (SSSR count). The second-order valence-corrected chi connectivity index (χ2v) is 6.09. The molecule has 26 heavy (non-hydrogen) atoms. The monoisotopic (exact) mass is 355 g/mol. The Hall–Kier alpha value is -2.66. The molecule has 2 aromatic rings. The molecule has 0 saturated carbocycles. The summed E-state index contributed by atoms with van der Waals surface area (Å²) >= 11 is 0. The van der Waals surface area contributed by atoms with Crippen LogP contribution in [-0.2, 0) is 14.3 Å². The number of carbonyl (C=O) groups excluding carboxylic acids is 2. The summed E-state index contributed by atoms with van der Waals surface area (Å²) in [6.45, 7) is 2.43. The minimum atomic E-state index is -0.434. The van der Waals surface area contributed by atoms with Gasteiger partial charge in [0.05, 0.1) is 12.5 Å². The number of methoxy groups -OCH3 is 1. The first-order valence-corrected chi connectivity index (χ1v) is 8.70. The fraction of sp³-hybridized carbons (Fsp3) is 0.333. The van der Waals surface area contributed by atoms with E-state index in [1.807, 2.05) is 43.3 Å². The number of nitrogen functional groups attached to an aromatic ring is 1. The maximum Gasteiger partial charge on any atom is 0.309 e. The highest BCUT2D eigenvalue weighted by molar-refractivity contribution is 5.98. The van der Waals surface area contributed by atoms with Gasteiger partial charge in [0, 0.05) is 24.8 Å². The second kappa shape index (κ2) is 9.73. The smallest absolute Gasteiger partial charge is 0.309 e. The van der Waals surface area contributed by atoms with E-state index in [0.717, 1.165) is 11.1 Å². The highest BCUT2D eigenvalue weighted by Crippen LogP contribution is 2.22. The molecule has 0 saturated heterocycles. The molecule has 1 atom stereocenters. The third kappa shape index (κ3) is 5.43. The molecule has 5 heteroatoms. The zero-order valence-corrected chi connectivity index (χ0v) is 15.2. The van der Waals surface area contributed by atoms with Gasteiger partial charge >= 0.3 is 5.97 Å². The number of benzene rings is 2. The van der Waals surface area contributed by atoms with Crippen LogP contribution >= 0.6 is 0 Å². The van der Waals surface area contributed by atoms with Crippen LogP contribution in [0.2, 0.25) is 0 Å². The Balaban J connectivity index is 2.00. The van der Waals surface area contributed by atoms with Crippen molar-refractivity contribution >= 4 is 17.4 Å². The highest BCUT2D eigenvalue weighted by Gasteiger charge is 2.22. The number of Topliss-reactive ketones (excluding diaryl/α,β-unsaturated/α-hetero) is 1. The zero-order valence-electron chi connectivity index (χ0n) is 15.2. The lowest BCUT2D eigenvalue weighted by Gasteiger charge is -2.13. The van der Waals surface area contributed by atoms with Gasteiger partial charge in [-0.3, -0.25) is 9.59 Å². The van der Waals surface area contributed by atoms with Gasteiger partial charge in [0.25, 0.3) is 0 Å². The summed E-state index contributed by atoms with van der Waals surface area (Å²) in [5, 5.41) is 0. The summed E-state index contributed by atoms with van der Waals surface area (Å²) in [5.74, 6) is -0.850. The van der Waals surface area contributed by atoms with Gasteiger partial charge in [0.2, 0.25) is 0 Å². The number of ether oxygens (including phenoxy) is 2. The van der Waals surface area contributed by atoms with Crippen LogP contribution in [0.25, 0.3) is 11.1 Å². The van der Waals surface area contributed by atoms with Crippen LogP contribution in [0.1, 0.15) is 30.1 Å².